The molecule has 0 unspecified atom stereocenters. The van der Waals surface area contributed by atoms with Crippen LogP contribution in [0.25, 0.3) is 10.8 Å². The number of amides is 3. The van der Waals surface area contributed by atoms with Crippen LogP contribution in [0.3, 0.4) is 0 Å². The Labute approximate surface area is 150 Å². The molecular weight excluding hydrogens is 328 g/mol. The summed E-state index contributed by atoms with van der Waals surface area (Å²) in [5.41, 5.74) is 0.662. The summed E-state index contributed by atoms with van der Waals surface area (Å²) in [7, 11) is 0. The second-order valence-electron chi connectivity index (χ2n) is 7.37. The highest BCUT2D eigenvalue weighted by Gasteiger charge is 2.59. The van der Waals surface area contributed by atoms with Gasteiger partial charge in [-0.05, 0) is 41.2 Å². The molecule has 0 spiro atoms. The third-order valence-electron chi connectivity index (χ3n) is 5.90. The molecule has 2 aliphatic carbocycles. The molecule has 4 atom stereocenters. The topological polar surface area (TPSA) is 66.5 Å². The lowest BCUT2D eigenvalue weighted by Crippen LogP contribution is -2.39. The molecule has 3 aliphatic rings. The zero-order chi connectivity index (χ0) is 17.8. The van der Waals surface area contributed by atoms with Crippen molar-refractivity contribution in [3.8, 4) is 0 Å². The highest BCUT2D eigenvalue weighted by atomic mass is 16.2. The Balaban J connectivity index is 1.31. The van der Waals surface area contributed by atoms with E-state index in [0.29, 0.717) is 5.69 Å². The Bertz CT molecular complexity index is 950. The first-order chi connectivity index (χ1) is 12.6. The van der Waals surface area contributed by atoms with Crippen LogP contribution in [-0.4, -0.2) is 29.2 Å². The summed E-state index contributed by atoms with van der Waals surface area (Å²) >= 11 is 0. The van der Waals surface area contributed by atoms with Crippen LogP contribution < -0.4 is 5.32 Å². The van der Waals surface area contributed by atoms with Crippen LogP contribution in [0.2, 0.25) is 0 Å². The lowest BCUT2D eigenvalue weighted by atomic mass is 9.85. The predicted octanol–water partition coefficient (Wildman–Crippen LogP) is 2.59. The molecular formula is C21H18N2O3. The quantitative estimate of drug-likeness (QED) is 0.686. The largest absolute Gasteiger partial charge is 0.325 e. The number of nitrogens with zero attached hydrogens (tertiary/aromatic N) is 1. The smallest absolute Gasteiger partial charge is 0.244 e. The highest BCUT2D eigenvalue weighted by molar-refractivity contribution is 6.09. The standard InChI is InChI=1S/C21H18N2O3/c24-17(22-16-8-7-12-3-1-2-4-13(12)10-16)11-23-20(25)18-14-5-6-15(9-14)19(18)21(23)26/h1-8,10,14-15,18-19H,9,11H2,(H,22,24)/t14-,15-,18-,19+/m0/s1. The Morgan fingerprint density at radius 1 is 0.962 bits per heavy atom. The van der Waals surface area contributed by atoms with E-state index in [-0.39, 0.29) is 47.9 Å². The molecule has 1 saturated carbocycles. The molecule has 1 heterocycles. The maximum absolute atomic E-state index is 12.6. The zero-order valence-electron chi connectivity index (χ0n) is 14.1. The van der Waals surface area contributed by atoms with Gasteiger partial charge in [0.25, 0.3) is 0 Å². The summed E-state index contributed by atoms with van der Waals surface area (Å²) in [6.07, 6.45) is 5.00. The molecule has 2 fully saturated rings. The molecule has 5 nitrogen and oxygen atoms in total. The molecule has 5 rings (SSSR count). The van der Waals surface area contributed by atoms with E-state index in [2.05, 4.69) is 17.5 Å². The van der Waals surface area contributed by atoms with Gasteiger partial charge in [-0.3, -0.25) is 19.3 Å². The van der Waals surface area contributed by atoms with E-state index in [1.54, 1.807) is 0 Å². The van der Waals surface area contributed by atoms with Gasteiger partial charge in [-0.2, -0.15) is 0 Å². The average molecular weight is 346 g/mol. The summed E-state index contributed by atoms with van der Waals surface area (Å²) in [6, 6.07) is 13.5. The van der Waals surface area contributed by atoms with Gasteiger partial charge < -0.3 is 5.32 Å². The molecule has 1 N–H and O–H groups in total. The number of carbonyl (C=O) groups excluding carboxylic acids is 3. The van der Waals surface area contributed by atoms with Crippen LogP contribution in [0.1, 0.15) is 6.42 Å². The summed E-state index contributed by atoms with van der Waals surface area (Å²) in [6.45, 7) is -0.211. The normalized spacial score (nSPS) is 28.8. The van der Waals surface area contributed by atoms with Crippen LogP contribution >= 0.6 is 0 Å². The summed E-state index contributed by atoms with van der Waals surface area (Å²) in [5.74, 6) is -0.916. The molecule has 130 valence electrons. The van der Waals surface area contributed by atoms with Crippen LogP contribution in [0.5, 0.6) is 0 Å². The lowest BCUT2D eigenvalue weighted by molar-refractivity contribution is -0.143. The van der Waals surface area contributed by atoms with Crippen molar-refractivity contribution in [2.24, 2.45) is 23.7 Å². The zero-order valence-corrected chi connectivity index (χ0v) is 14.1. The first-order valence-corrected chi connectivity index (χ1v) is 8.94. The van der Waals surface area contributed by atoms with Crippen molar-refractivity contribution < 1.29 is 14.4 Å². The molecule has 5 heteroatoms. The van der Waals surface area contributed by atoms with E-state index >= 15 is 0 Å². The Kier molecular flexibility index (Phi) is 3.26. The van der Waals surface area contributed by atoms with Gasteiger partial charge >= 0.3 is 0 Å². The van der Waals surface area contributed by atoms with Crippen molar-refractivity contribution in [3.63, 3.8) is 0 Å². The second kappa shape index (κ2) is 5.53. The number of rotatable bonds is 3. The molecule has 1 saturated heterocycles. The number of allylic oxidation sites excluding steroid dienone is 2. The Morgan fingerprint density at radius 2 is 1.62 bits per heavy atom. The fraction of sp³-hybridized carbons (Fsp3) is 0.286. The van der Waals surface area contributed by atoms with Crippen molar-refractivity contribution in [1.29, 1.82) is 0 Å². The maximum Gasteiger partial charge on any atom is 0.244 e. The Hall–Kier alpha value is -2.95. The molecule has 0 radical (unpaired) electrons. The van der Waals surface area contributed by atoms with Gasteiger partial charge in [0.2, 0.25) is 17.7 Å². The molecule has 0 aromatic heterocycles. The molecule has 26 heavy (non-hydrogen) atoms. The van der Waals surface area contributed by atoms with Crippen LogP contribution in [-0.2, 0) is 14.4 Å². The number of imide groups is 1. The van der Waals surface area contributed by atoms with E-state index in [1.165, 1.54) is 0 Å². The minimum absolute atomic E-state index is 0.162. The Morgan fingerprint density at radius 3 is 2.31 bits per heavy atom. The number of benzene rings is 2. The number of likely N-dealkylation sites (tertiary alicyclic amines) is 1. The van der Waals surface area contributed by atoms with E-state index in [1.807, 2.05) is 42.5 Å². The first kappa shape index (κ1) is 15.3. The van der Waals surface area contributed by atoms with Crippen LogP contribution in [0.4, 0.5) is 5.69 Å². The van der Waals surface area contributed by atoms with Crippen LogP contribution in [0.15, 0.2) is 54.6 Å². The number of anilines is 1. The van der Waals surface area contributed by atoms with Crippen molar-refractivity contribution in [2.45, 2.75) is 6.42 Å². The van der Waals surface area contributed by atoms with Gasteiger partial charge in [-0.1, -0.05) is 42.5 Å². The minimum Gasteiger partial charge on any atom is -0.325 e. The van der Waals surface area contributed by atoms with Crippen molar-refractivity contribution >= 4 is 34.2 Å². The fourth-order valence-corrected chi connectivity index (χ4v) is 4.73. The number of fused-ring (bicyclic) bond motifs is 6. The molecule has 1 aliphatic heterocycles. The number of hydrogen-bond donors (Lipinski definition) is 1. The molecule has 2 aromatic carbocycles. The van der Waals surface area contributed by atoms with Crippen molar-refractivity contribution in [3.05, 3.63) is 54.6 Å². The lowest BCUT2D eigenvalue weighted by Gasteiger charge is -2.17. The summed E-state index contributed by atoms with van der Waals surface area (Å²) < 4.78 is 0. The fourth-order valence-electron chi connectivity index (χ4n) is 4.73. The monoisotopic (exact) mass is 346 g/mol. The number of nitrogens with one attached hydrogen (secondary N) is 1. The van der Waals surface area contributed by atoms with E-state index in [9.17, 15) is 14.4 Å². The van der Waals surface area contributed by atoms with Gasteiger partial charge in [0.15, 0.2) is 0 Å². The molecule has 2 aromatic rings. The SMILES string of the molecule is O=C(CN1C(=O)[C@@H]2[C@H](C1=O)[C@H]1C=C[C@H]2C1)Nc1ccc2ccccc2c1. The number of hydrogen-bond acceptors (Lipinski definition) is 3. The van der Waals surface area contributed by atoms with Gasteiger partial charge in [-0.15, -0.1) is 0 Å². The minimum atomic E-state index is -0.345. The van der Waals surface area contributed by atoms with E-state index in [0.717, 1.165) is 22.1 Å². The average Bonchev–Trinajstić information content (AvgIpc) is 3.32. The van der Waals surface area contributed by atoms with Gasteiger partial charge in [0.1, 0.15) is 6.54 Å². The van der Waals surface area contributed by atoms with Crippen molar-refractivity contribution in [2.75, 3.05) is 11.9 Å². The molecule has 3 amide bonds. The summed E-state index contributed by atoms with van der Waals surface area (Å²) in [5, 5.41) is 4.92. The van der Waals surface area contributed by atoms with Gasteiger partial charge in [0, 0.05) is 5.69 Å². The highest BCUT2D eigenvalue weighted by Crippen LogP contribution is 2.52. The second-order valence-corrected chi connectivity index (χ2v) is 7.37. The number of carbonyl (C=O) groups is 3. The van der Waals surface area contributed by atoms with Crippen LogP contribution in [0, 0.1) is 23.7 Å². The maximum atomic E-state index is 12.6. The predicted molar refractivity (Wildman–Crippen MR) is 97.0 cm³/mol. The van der Waals surface area contributed by atoms with Gasteiger partial charge in [0.05, 0.1) is 11.8 Å². The molecule has 2 bridgehead atoms. The van der Waals surface area contributed by atoms with E-state index < -0.39 is 0 Å². The first-order valence-electron chi connectivity index (χ1n) is 8.94. The van der Waals surface area contributed by atoms with Crippen molar-refractivity contribution in [1.82, 2.24) is 4.90 Å². The third-order valence-corrected chi connectivity index (χ3v) is 5.90. The van der Waals surface area contributed by atoms with Gasteiger partial charge in [-0.25, -0.2) is 0 Å². The summed E-state index contributed by atoms with van der Waals surface area (Å²) in [4.78, 5) is 38.9. The van der Waals surface area contributed by atoms with E-state index in [4.69, 9.17) is 0 Å². The third kappa shape index (κ3) is 2.20.